The fraction of sp³-hybridized carbons (Fsp3) is 0.286. The number of hydrogen-bond acceptors (Lipinski definition) is 7. The summed E-state index contributed by atoms with van der Waals surface area (Å²) in [5, 5.41) is 2.23. The highest BCUT2D eigenvalue weighted by atomic mass is 32.2. The molecule has 1 saturated heterocycles. The summed E-state index contributed by atoms with van der Waals surface area (Å²) < 4.78 is 52.5. The van der Waals surface area contributed by atoms with Crippen LogP contribution in [0, 0.1) is 0 Å². The lowest BCUT2D eigenvalue weighted by molar-refractivity contribution is -0.136. The van der Waals surface area contributed by atoms with Gasteiger partial charge in [0, 0.05) is 24.2 Å². The molecular weight excluding hydrogens is 470 g/mol. The van der Waals surface area contributed by atoms with Crippen LogP contribution >= 0.6 is 0 Å². The first-order valence-electron chi connectivity index (χ1n) is 10.2. The number of amides is 3. The van der Waals surface area contributed by atoms with E-state index in [9.17, 15) is 31.2 Å². The molecule has 2 N–H and O–H groups in total. The van der Waals surface area contributed by atoms with Gasteiger partial charge in [0.2, 0.25) is 11.8 Å². The minimum Gasteiger partial charge on any atom is -0.322 e. The summed E-state index contributed by atoms with van der Waals surface area (Å²) in [6.07, 6.45) is 0.719. The number of rotatable bonds is 4. The van der Waals surface area contributed by atoms with Crippen molar-refractivity contribution in [2.24, 2.45) is 0 Å². The standard InChI is InChI=1S/C21H19N3O7S2/c25-19-6-5-17(20(26)22-19)24-11-13-9-14(2-4-16(13)21(24)27)23-33(30,31)15-3-1-12-7-8-32(28,29)18(12)10-15/h1-4,9-10,17,23H,5-8,11H2,(H,22,25,26). The Labute approximate surface area is 189 Å². The van der Waals surface area contributed by atoms with Crippen LogP contribution in [-0.4, -0.2) is 51.3 Å². The van der Waals surface area contributed by atoms with Crippen molar-refractivity contribution in [3.63, 3.8) is 0 Å². The second-order valence-electron chi connectivity index (χ2n) is 8.22. The van der Waals surface area contributed by atoms with Crippen LogP contribution in [0.25, 0.3) is 0 Å². The van der Waals surface area contributed by atoms with Crippen molar-refractivity contribution in [1.29, 1.82) is 0 Å². The third kappa shape index (κ3) is 3.68. The highest BCUT2D eigenvalue weighted by Crippen LogP contribution is 2.32. The average Bonchev–Trinajstić information content (AvgIpc) is 3.23. The van der Waals surface area contributed by atoms with E-state index in [0.29, 0.717) is 23.1 Å². The van der Waals surface area contributed by atoms with E-state index in [0.717, 1.165) is 0 Å². The summed E-state index contributed by atoms with van der Waals surface area (Å²) in [5.41, 5.74) is 1.70. The molecule has 3 amide bonds. The maximum Gasteiger partial charge on any atom is 0.261 e. The van der Waals surface area contributed by atoms with E-state index in [2.05, 4.69) is 10.0 Å². The number of carbonyl (C=O) groups is 3. The highest BCUT2D eigenvalue weighted by Gasteiger charge is 2.39. The van der Waals surface area contributed by atoms with Crippen LogP contribution in [0.15, 0.2) is 46.2 Å². The molecule has 1 fully saturated rings. The van der Waals surface area contributed by atoms with Gasteiger partial charge in [-0.3, -0.25) is 24.4 Å². The van der Waals surface area contributed by atoms with E-state index >= 15 is 0 Å². The van der Waals surface area contributed by atoms with Gasteiger partial charge in [-0.05, 0) is 54.3 Å². The Morgan fingerprint density at radius 3 is 2.55 bits per heavy atom. The number of imide groups is 1. The largest absolute Gasteiger partial charge is 0.322 e. The fourth-order valence-electron chi connectivity index (χ4n) is 4.40. The van der Waals surface area contributed by atoms with Gasteiger partial charge in [-0.25, -0.2) is 16.8 Å². The lowest BCUT2D eigenvalue weighted by atomic mass is 10.0. The minimum absolute atomic E-state index is 0.0322. The van der Waals surface area contributed by atoms with Crippen LogP contribution in [0.1, 0.15) is 34.3 Å². The maximum atomic E-state index is 12.9. The molecule has 3 aliphatic rings. The first-order valence-corrected chi connectivity index (χ1v) is 13.3. The predicted molar refractivity (Wildman–Crippen MR) is 115 cm³/mol. The van der Waals surface area contributed by atoms with Crippen LogP contribution in [0.3, 0.4) is 0 Å². The summed E-state index contributed by atoms with van der Waals surface area (Å²) >= 11 is 0. The second kappa shape index (κ2) is 7.39. The van der Waals surface area contributed by atoms with Crippen molar-refractivity contribution >= 4 is 43.3 Å². The molecule has 0 spiro atoms. The van der Waals surface area contributed by atoms with Crippen LogP contribution in [0.5, 0.6) is 0 Å². The molecule has 12 heteroatoms. The fourth-order valence-corrected chi connectivity index (χ4v) is 7.14. The van der Waals surface area contributed by atoms with Gasteiger partial charge in [-0.2, -0.15) is 0 Å². The maximum absolute atomic E-state index is 12.9. The second-order valence-corrected chi connectivity index (χ2v) is 12.0. The van der Waals surface area contributed by atoms with Gasteiger partial charge in [0.25, 0.3) is 15.9 Å². The first-order chi connectivity index (χ1) is 15.5. The van der Waals surface area contributed by atoms with Crippen molar-refractivity contribution in [3.8, 4) is 0 Å². The Hall–Kier alpha value is -3.25. The average molecular weight is 490 g/mol. The molecule has 2 aromatic rings. The number of aryl methyl sites for hydroxylation is 1. The van der Waals surface area contributed by atoms with E-state index in [4.69, 9.17) is 0 Å². The Kier molecular flexibility index (Phi) is 4.83. The first kappa shape index (κ1) is 21.6. The zero-order valence-corrected chi connectivity index (χ0v) is 18.8. The van der Waals surface area contributed by atoms with Crippen molar-refractivity contribution in [1.82, 2.24) is 10.2 Å². The predicted octanol–water partition coefficient (Wildman–Crippen LogP) is 0.578. The molecule has 0 aliphatic carbocycles. The molecule has 0 radical (unpaired) electrons. The van der Waals surface area contributed by atoms with E-state index < -0.39 is 31.8 Å². The lowest BCUT2D eigenvalue weighted by Gasteiger charge is -2.29. The summed E-state index contributed by atoms with van der Waals surface area (Å²) in [5.74, 6) is -1.31. The number of nitrogens with zero attached hydrogens (tertiary/aromatic N) is 1. The minimum atomic E-state index is -4.08. The number of nitrogens with one attached hydrogen (secondary N) is 2. The van der Waals surface area contributed by atoms with Gasteiger partial charge < -0.3 is 4.90 Å². The number of piperidine rings is 1. The van der Waals surface area contributed by atoms with Crippen LogP contribution in [0.4, 0.5) is 5.69 Å². The molecule has 1 atom stereocenters. The molecule has 0 bridgehead atoms. The topological polar surface area (TPSA) is 147 Å². The molecule has 172 valence electrons. The summed E-state index contributed by atoms with van der Waals surface area (Å²) in [6.45, 7) is 0.104. The third-order valence-corrected chi connectivity index (χ3v) is 9.27. The molecule has 33 heavy (non-hydrogen) atoms. The Morgan fingerprint density at radius 1 is 1.00 bits per heavy atom. The Morgan fingerprint density at radius 2 is 1.79 bits per heavy atom. The van der Waals surface area contributed by atoms with Gasteiger partial charge in [0.15, 0.2) is 9.84 Å². The van der Waals surface area contributed by atoms with Gasteiger partial charge in [-0.15, -0.1) is 0 Å². The Balaban J connectivity index is 1.39. The van der Waals surface area contributed by atoms with Crippen molar-refractivity contribution in [2.45, 2.75) is 41.6 Å². The van der Waals surface area contributed by atoms with E-state index in [1.807, 2.05) is 0 Å². The Bertz CT molecular complexity index is 1450. The van der Waals surface area contributed by atoms with Gasteiger partial charge in [-0.1, -0.05) is 6.07 Å². The van der Waals surface area contributed by atoms with Crippen LogP contribution in [-0.2, 0) is 42.4 Å². The zero-order valence-electron chi connectivity index (χ0n) is 17.2. The number of hydrogen-bond donors (Lipinski definition) is 2. The summed E-state index contributed by atoms with van der Waals surface area (Å²) in [7, 11) is -7.57. The molecule has 3 heterocycles. The molecule has 3 aliphatic heterocycles. The summed E-state index contributed by atoms with van der Waals surface area (Å²) in [6, 6.07) is 7.71. The van der Waals surface area contributed by atoms with E-state index in [1.165, 1.54) is 41.3 Å². The molecule has 1 unspecified atom stereocenters. The molecule has 0 saturated carbocycles. The van der Waals surface area contributed by atoms with Crippen molar-refractivity contribution < 1.29 is 31.2 Å². The van der Waals surface area contributed by atoms with E-state index in [1.54, 1.807) is 0 Å². The number of sulfone groups is 1. The SMILES string of the molecule is O=C1CCC(N2Cc3cc(NS(=O)(=O)c4ccc5c(c4)S(=O)(=O)CC5)ccc3C2=O)C(=O)N1. The van der Waals surface area contributed by atoms with E-state index in [-0.39, 0.29) is 52.4 Å². The van der Waals surface area contributed by atoms with Crippen LogP contribution < -0.4 is 10.0 Å². The monoisotopic (exact) mass is 489 g/mol. The normalized spacial score (nSPS) is 21.5. The molecule has 5 rings (SSSR count). The lowest BCUT2D eigenvalue weighted by Crippen LogP contribution is -2.52. The van der Waals surface area contributed by atoms with Gasteiger partial charge in [0.05, 0.1) is 15.5 Å². The number of carbonyl (C=O) groups excluding carboxylic acids is 3. The number of anilines is 1. The van der Waals surface area contributed by atoms with Crippen molar-refractivity contribution in [3.05, 3.63) is 53.1 Å². The number of fused-ring (bicyclic) bond motifs is 2. The van der Waals surface area contributed by atoms with Gasteiger partial charge >= 0.3 is 0 Å². The highest BCUT2D eigenvalue weighted by molar-refractivity contribution is 7.93. The number of benzene rings is 2. The molecule has 0 aromatic heterocycles. The quantitative estimate of drug-likeness (QED) is 0.597. The third-order valence-electron chi connectivity index (χ3n) is 6.10. The molecular formula is C21H19N3O7S2. The van der Waals surface area contributed by atoms with Crippen LogP contribution in [0.2, 0.25) is 0 Å². The van der Waals surface area contributed by atoms with Crippen molar-refractivity contribution in [2.75, 3.05) is 10.5 Å². The molecule has 2 aromatic carbocycles. The molecule has 10 nitrogen and oxygen atoms in total. The number of sulfonamides is 1. The van der Waals surface area contributed by atoms with Gasteiger partial charge in [0.1, 0.15) is 6.04 Å². The summed E-state index contributed by atoms with van der Waals surface area (Å²) in [4.78, 5) is 37.6. The zero-order chi connectivity index (χ0) is 23.5. The smallest absolute Gasteiger partial charge is 0.261 e.